The van der Waals surface area contributed by atoms with E-state index in [0.717, 1.165) is 25.0 Å². The molecule has 5 nitrogen and oxygen atoms in total. The fourth-order valence-electron chi connectivity index (χ4n) is 3.97. The summed E-state index contributed by atoms with van der Waals surface area (Å²) in [6.07, 6.45) is 4.36. The number of hydrogen-bond acceptors (Lipinski definition) is 4. The van der Waals surface area contributed by atoms with Crippen LogP contribution in [0.2, 0.25) is 0 Å². The van der Waals surface area contributed by atoms with Gasteiger partial charge < -0.3 is 16.0 Å². The highest BCUT2D eigenvalue weighted by molar-refractivity contribution is 5.76. The maximum absolute atomic E-state index is 12.0. The second-order valence-corrected chi connectivity index (χ2v) is 7.05. The minimum absolute atomic E-state index is 0.128. The van der Waals surface area contributed by atoms with Gasteiger partial charge in [-0.1, -0.05) is 0 Å². The van der Waals surface area contributed by atoms with E-state index in [9.17, 15) is 4.79 Å². The number of hydrogen-bond donors (Lipinski definition) is 2. The third-order valence-electron chi connectivity index (χ3n) is 5.04. The van der Waals surface area contributed by atoms with Crippen LogP contribution >= 0.6 is 0 Å². The van der Waals surface area contributed by atoms with Gasteiger partial charge in [0.1, 0.15) is 0 Å². The van der Waals surface area contributed by atoms with Gasteiger partial charge in [0.15, 0.2) is 0 Å². The predicted molar refractivity (Wildman–Crippen MR) is 86.1 cm³/mol. The van der Waals surface area contributed by atoms with E-state index < -0.39 is 0 Å². The quantitative estimate of drug-likeness (QED) is 0.782. The second kappa shape index (κ2) is 7.56. The second-order valence-electron chi connectivity index (χ2n) is 7.05. The van der Waals surface area contributed by atoms with Crippen molar-refractivity contribution in [3.8, 4) is 0 Å². The first kappa shape index (κ1) is 16.7. The molecule has 0 aromatic heterocycles. The molecule has 5 heteroatoms. The average Bonchev–Trinajstić information content (AvgIpc) is 2.44. The zero-order valence-electron chi connectivity index (χ0n) is 13.8. The molecular weight excluding hydrogens is 264 g/mol. The monoisotopic (exact) mass is 296 g/mol. The van der Waals surface area contributed by atoms with E-state index in [0.29, 0.717) is 13.0 Å². The van der Waals surface area contributed by atoms with E-state index in [-0.39, 0.29) is 18.0 Å². The Bertz CT molecular complexity index is 347. The molecule has 3 N–H and O–H groups in total. The summed E-state index contributed by atoms with van der Waals surface area (Å²) >= 11 is 0. The van der Waals surface area contributed by atoms with Crippen molar-refractivity contribution in [1.82, 2.24) is 15.1 Å². The molecule has 2 rings (SSSR count). The summed E-state index contributed by atoms with van der Waals surface area (Å²) in [6.45, 7) is 7.97. The number of nitrogens with two attached hydrogens (primary N) is 1. The van der Waals surface area contributed by atoms with Crippen LogP contribution in [-0.4, -0.2) is 67.1 Å². The summed E-state index contributed by atoms with van der Waals surface area (Å²) in [5.74, 6) is 0.878. The molecule has 0 saturated carbocycles. The third kappa shape index (κ3) is 4.41. The molecule has 2 saturated heterocycles. The summed E-state index contributed by atoms with van der Waals surface area (Å²) in [6, 6.07) is 1.13. The van der Waals surface area contributed by atoms with Gasteiger partial charge in [-0.2, -0.15) is 0 Å². The lowest BCUT2D eigenvalue weighted by molar-refractivity contribution is -0.123. The minimum atomic E-state index is 0.128. The number of amides is 1. The Hall–Kier alpha value is -0.650. The number of nitrogens with one attached hydrogen (secondary N) is 1. The number of nitrogens with zero attached hydrogens (tertiary/aromatic N) is 2. The minimum Gasteiger partial charge on any atom is -0.354 e. The molecule has 0 aromatic carbocycles. The molecule has 3 atom stereocenters. The highest BCUT2D eigenvalue weighted by atomic mass is 16.1. The van der Waals surface area contributed by atoms with Crippen LogP contribution in [0, 0.1) is 5.92 Å². The van der Waals surface area contributed by atoms with Crippen LogP contribution in [0.1, 0.15) is 39.5 Å². The fourth-order valence-corrected chi connectivity index (χ4v) is 3.97. The zero-order valence-corrected chi connectivity index (χ0v) is 13.8. The molecule has 1 amide bonds. The maximum Gasteiger partial charge on any atom is 0.221 e. The van der Waals surface area contributed by atoms with Crippen molar-refractivity contribution in [2.45, 2.75) is 57.7 Å². The summed E-state index contributed by atoms with van der Waals surface area (Å²) in [5.41, 5.74) is 5.95. The Balaban J connectivity index is 1.89. The number of fused-ring (bicyclic) bond motifs is 1. The van der Waals surface area contributed by atoms with Gasteiger partial charge in [-0.25, -0.2) is 0 Å². The smallest absolute Gasteiger partial charge is 0.221 e. The van der Waals surface area contributed by atoms with Gasteiger partial charge in [-0.15, -0.1) is 0 Å². The lowest BCUT2D eigenvalue weighted by Gasteiger charge is -2.47. The first-order valence-electron chi connectivity index (χ1n) is 8.45. The van der Waals surface area contributed by atoms with Crippen molar-refractivity contribution >= 4 is 5.91 Å². The van der Waals surface area contributed by atoms with Crippen molar-refractivity contribution < 1.29 is 4.79 Å². The number of likely N-dealkylation sites (tertiary alicyclic amines) is 2. The topological polar surface area (TPSA) is 61.6 Å². The molecule has 0 spiro atoms. The molecule has 2 aliphatic heterocycles. The highest BCUT2D eigenvalue weighted by Gasteiger charge is 2.36. The molecule has 21 heavy (non-hydrogen) atoms. The highest BCUT2D eigenvalue weighted by Crippen LogP contribution is 2.30. The molecule has 2 aliphatic rings. The molecule has 2 heterocycles. The maximum atomic E-state index is 12.0. The van der Waals surface area contributed by atoms with Crippen molar-refractivity contribution in [3.63, 3.8) is 0 Å². The standard InChI is InChI=1S/C16H32N4O/c1-12(2)18-16(21)9-14(10-17)20-8-6-15-13(11-20)5-4-7-19(15)3/h12-15H,4-11,17H2,1-3H3,(H,18,21). The molecular formula is C16H32N4O. The molecule has 0 radical (unpaired) electrons. The Morgan fingerprint density at radius 2 is 2.10 bits per heavy atom. The van der Waals surface area contributed by atoms with E-state index in [1.807, 2.05) is 13.8 Å². The van der Waals surface area contributed by atoms with Crippen LogP contribution in [0.3, 0.4) is 0 Å². The molecule has 122 valence electrons. The normalized spacial score (nSPS) is 29.2. The molecule has 0 aromatic rings. The Labute approximate surface area is 129 Å². The summed E-state index contributed by atoms with van der Waals surface area (Å²) in [7, 11) is 2.25. The van der Waals surface area contributed by atoms with E-state index in [2.05, 4.69) is 22.2 Å². The van der Waals surface area contributed by atoms with Crippen LogP contribution in [0.5, 0.6) is 0 Å². The first-order chi connectivity index (χ1) is 10.0. The van der Waals surface area contributed by atoms with Gasteiger partial charge in [0.05, 0.1) is 0 Å². The predicted octanol–water partition coefficient (Wildman–Crippen LogP) is 0.645. The van der Waals surface area contributed by atoms with Crippen LogP contribution in [0.4, 0.5) is 0 Å². The Kier molecular flexibility index (Phi) is 6.02. The Morgan fingerprint density at radius 3 is 2.76 bits per heavy atom. The zero-order chi connectivity index (χ0) is 15.4. The largest absolute Gasteiger partial charge is 0.354 e. The van der Waals surface area contributed by atoms with Crippen LogP contribution in [-0.2, 0) is 4.79 Å². The number of rotatable bonds is 5. The average molecular weight is 296 g/mol. The van der Waals surface area contributed by atoms with Gasteiger partial charge in [-0.3, -0.25) is 9.69 Å². The van der Waals surface area contributed by atoms with Crippen molar-refractivity contribution in [1.29, 1.82) is 0 Å². The van der Waals surface area contributed by atoms with Crippen LogP contribution in [0.15, 0.2) is 0 Å². The summed E-state index contributed by atoms with van der Waals surface area (Å²) in [5, 5.41) is 2.98. The fraction of sp³-hybridized carbons (Fsp3) is 0.938. The van der Waals surface area contributed by atoms with E-state index in [4.69, 9.17) is 5.73 Å². The molecule has 3 unspecified atom stereocenters. The SMILES string of the molecule is CC(C)NC(=O)CC(CN)N1CCC2C(CCCN2C)C1. The summed E-state index contributed by atoms with van der Waals surface area (Å²) in [4.78, 5) is 17.0. The van der Waals surface area contributed by atoms with Gasteiger partial charge in [0, 0.05) is 44.2 Å². The number of carbonyl (C=O) groups is 1. The van der Waals surface area contributed by atoms with Crippen LogP contribution in [0.25, 0.3) is 0 Å². The molecule has 2 fully saturated rings. The summed E-state index contributed by atoms with van der Waals surface area (Å²) < 4.78 is 0. The lowest BCUT2D eigenvalue weighted by Crippen LogP contribution is -2.56. The Morgan fingerprint density at radius 1 is 1.33 bits per heavy atom. The van der Waals surface area contributed by atoms with Gasteiger partial charge in [0.25, 0.3) is 0 Å². The number of carbonyl (C=O) groups excluding carboxylic acids is 1. The van der Waals surface area contributed by atoms with Gasteiger partial charge in [0.2, 0.25) is 5.91 Å². The van der Waals surface area contributed by atoms with Crippen molar-refractivity contribution in [3.05, 3.63) is 0 Å². The molecule has 0 bridgehead atoms. The first-order valence-corrected chi connectivity index (χ1v) is 8.45. The molecule has 0 aliphatic carbocycles. The number of piperidine rings is 2. The van der Waals surface area contributed by atoms with Gasteiger partial charge in [-0.05, 0) is 52.6 Å². The van der Waals surface area contributed by atoms with Gasteiger partial charge >= 0.3 is 0 Å². The van der Waals surface area contributed by atoms with Crippen LogP contribution < -0.4 is 11.1 Å². The van der Waals surface area contributed by atoms with E-state index in [1.165, 1.54) is 25.8 Å². The third-order valence-corrected chi connectivity index (χ3v) is 5.04. The van der Waals surface area contributed by atoms with E-state index in [1.54, 1.807) is 0 Å². The van der Waals surface area contributed by atoms with Crippen molar-refractivity contribution in [2.24, 2.45) is 11.7 Å². The van der Waals surface area contributed by atoms with Crippen molar-refractivity contribution in [2.75, 3.05) is 33.2 Å². The van der Waals surface area contributed by atoms with E-state index >= 15 is 0 Å². The lowest BCUT2D eigenvalue weighted by atomic mass is 9.83.